The molecule has 0 spiro atoms. The topological polar surface area (TPSA) is 63.0 Å². The van der Waals surface area contributed by atoms with E-state index in [0.717, 1.165) is 42.8 Å². The first-order chi connectivity index (χ1) is 12.9. The second-order valence-corrected chi connectivity index (χ2v) is 7.76. The van der Waals surface area contributed by atoms with Gasteiger partial charge in [-0.05, 0) is 38.5 Å². The first kappa shape index (κ1) is 16.0. The van der Waals surface area contributed by atoms with Gasteiger partial charge in [0.05, 0.1) is 12.2 Å². The third-order valence-electron chi connectivity index (χ3n) is 6.19. The zero-order chi connectivity index (χ0) is 17.5. The molecular formula is C19H27N7. The molecule has 0 aromatic carbocycles. The van der Waals surface area contributed by atoms with Crippen LogP contribution in [0.15, 0.2) is 12.5 Å². The van der Waals surface area contributed by atoms with Gasteiger partial charge >= 0.3 is 0 Å². The molecule has 0 N–H and O–H groups in total. The lowest BCUT2D eigenvalue weighted by atomic mass is 10.0. The number of aromatic nitrogens is 5. The average Bonchev–Trinajstić information content (AvgIpc) is 3.39. The van der Waals surface area contributed by atoms with Gasteiger partial charge in [-0.3, -0.25) is 4.57 Å². The molecule has 26 heavy (non-hydrogen) atoms. The fourth-order valence-corrected chi connectivity index (χ4v) is 4.88. The Morgan fingerprint density at radius 3 is 2.65 bits per heavy atom. The maximum absolute atomic E-state index is 5.10. The van der Waals surface area contributed by atoms with Crippen molar-refractivity contribution in [3.8, 4) is 5.69 Å². The molecule has 1 atom stereocenters. The number of hydrogen-bond acceptors (Lipinski definition) is 6. The zero-order valence-electron chi connectivity index (χ0n) is 15.5. The number of nitrogens with zero attached hydrogens (tertiary/aromatic N) is 7. The van der Waals surface area contributed by atoms with Gasteiger partial charge in [0.25, 0.3) is 0 Å². The molecule has 0 unspecified atom stereocenters. The van der Waals surface area contributed by atoms with Crippen LogP contribution in [0.4, 0.5) is 11.8 Å². The minimum absolute atomic E-state index is 0.247. The molecule has 1 aliphatic carbocycles. The summed E-state index contributed by atoms with van der Waals surface area (Å²) in [7, 11) is 0. The standard InChI is InChI=1S/C19H27N7/c1-2-15-18-23-21-13-25(18)16-12-20-19(24-10-6-3-7-11-24)22-17(16)26(15)14-8-4-5-9-14/h12-15H,2-11H2,1H3/t15-/m1/s1. The maximum Gasteiger partial charge on any atom is 0.227 e. The second-order valence-electron chi connectivity index (χ2n) is 7.76. The van der Waals surface area contributed by atoms with E-state index in [-0.39, 0.29) is 6.04 Å². The summed E-state index contributed by atoms with van der Waals surface area (Å²) in [5.41, 5.74) is 1.03. The zero-order valence-corrected chi connectivity index (χ0v) is 15.5. The highest BCUT2D eigenvalue weighted by atomic mass is 15.4. The molecule has 2 aliphatic heterocycles. The number of anilines is 2. The van der Waals surface area contributed by atoms with Crippen molar-refractivity contribution < 1.29 is 0 Å². The van der Waals surface area contributed by atoms with Crippen LogP contribution < -0.4 is 9.80 Å². The van der Waals surface area contributed by atoms with Gasteiger partial charge in [0.2, 0.25) is 5.95 Å². The number of rotatable bonds is 3. The molecule has 7 nitrogen and oxygen atoms in total. The summed E-state index contributed by atoms with van der Waals surface area (Å²) in [4.78, 5) is 14.7. The Balaban J connectivity index is 1.62. The van der Waals surface area contributed by atoms with Crippen molar-refractivity contribution >= 4 is 11.8 Å². The number of hydrogen-bond donors (Lipinski definition) is 0. The third kappa shape index (κ3) is 2.47. The lowest BCUT2D eigenvalue weighted by Gasteiger charge is -2.41. The number of fused-ring (bicyclic) bond motifs is 3. The van der Waals surface area contributed by atoms with Gasteiger partial charge in [0.1, 0.15) is 12.0 Å². The summed E-state index contributed by atoms with van der Waals surface area (Å²) in [6.45, 7) is 4.37. The summed E-state index contributed by atoms with van der Waals surface area (Å²) in [5, 5.41) is 8.64. The Hall–Kier alpha value is -2.18. The van der Waals surface area contributed by atoms with E-state index in [0.29, 0.717) is 6.04 Å². The fraction of sp³-hybridized carbons (Fsp3) is 0.684. The molecule has 1 saturated heterocycles. The van der Waals surface area contributed by atoms with Gasteiger partial charge < -0.3 is 9.80 Å². The Morgan fingerprint density at radius 1 is 1.08 bits per heavy atom. The van der Waals surface area contributed by atoms with Crippen molar-refractivity contribution in [2.45, 2.75) is 70.4 Å². The first-order valence-electron chi connectivity index (χ1n) is 10.2. The quantitative estimate of drug-likeness (QED) is 0.844. The highest BCUT2D eigenvalue weighted by Crippen LogP contribution is 2.42. The van der Waals surface area contributed by atoms with E-state index in [1.54, 1.807) is 0 Å². The molecule has 138 valence electrons. The molecule has 0 radical (unpaired) electrons. The van der Waals surface area contributed by atoms with E-state index in [2.05, 4.69) is 31.5 Å². The van der Waals surface area contributed by atoms with Crippen LogP contribution in [0.3, 0.4) is 0 Å². The van der Waals surface area contributed by atoms with E-state index >= 15 is 0 Å². The van der Waals surface area contributed by atoms with Gasteiger partial charge in [-0.15, -0.1) is 10.2 Å². The fourth-order valence-electron chi connectivity index (χ4n) is 4.88. The average molecular weight is 353 g/mol. The predicted molar refractivity (Wildman–Crippen MR) is 101 cm³/mol. The van der Waals surface area contributed by atoms with Crippen molar-refractivity contribution in [3.05, 3.63) is 18.3 Å². The maximum atomic E-state index is 5.10. The van der Waals surface area contributed by atoms with E-state index in [9.17, 15) is 0 Å². The highest BCUT2D eigenvalue weighted by molar-refractivity contribution is 5.63. The molecule has 2 fully saturated rings. The lowest BCUT2D eigenvalue weighted by Crippen LogP contribution is -2.42. The van der Waals surface area contributed by atoms with E-state index in [1.807, 2.05) is 12.5 Å². The molecule has 3 aliphatic rings. The largest absolute Gasteiger partial charge is 0.341 e. The SMILES string of the molecule is CC[C@@H]1c2nncn2-c2cnc(N3CCCCC3)nc2N1C1CCCC1. The molecule has 1 saturated carbocycles. The monoisotopic (exact) mass is 353 g/mol. The Morgan fingerprint density at radius 2 is 1.88 bits per heavy atom. The Bertz CT molecular complexity index is 774. The Kier molecular flexibility index (Phi) is 4.02. The van der Waals surface area contributed by atoms with Crippen molar-refractivity contribution in [1.82, 2.24) is 24.7 Å². The van der Waals surface area contributed by atoms with Crippen molar-refractivity contribution in [1.29, 1.82) is 0 Å². The molecule has 7 heteroatoms. The Labute approximate surface area is 154 Å². The summed E-state index contributed by atoms with van der Waals surface area (Å²) in [6, 6.07) is 0.797. The second kappa shape index (κ2) is 6.52. The van der Waals surface area contributed by atoms with Gasteiger partial charge in [-0.2, -0.15) is 4.98 Å². The summed E-state index contributed by atoms with van der Waals surface area (Å²) in [6.07, 6.45) is 13.7. The van der Waals surface area contributed by atoms with Gasteiger partial charge in [0, 0.05) is 19.1 Å². The first-order valence-corrected chi connectivity index (χ1v) is 10.2. The van der Waals surface area contributed by atoms with E-state index < -0.39 is 0 Å². The summed E-state index contributed by atoms with van der Waals surface area (Å²) < 4.78 is 2.09. The van der Waals surface area contributed by atoms with Crippen LogP contribution >= 0.6 is 0 Å². The van der Waals surface area contributed by atoms with Crippen LogP contribution in [0, 0.1) is 0 Å². The molecule has 5 rings (SSSR count). The lowest BCUT2D eigenvalue weighted by molar-refractivity contribution is 0.468. The molecule has 0 amide bonds. The van der Waals surface area contributed by atoms with E-state index in [1.165, 1.54) is 44.9 Å². The van der Waals surface area contributed by atoms with Gasteiger partial charge in [0.15, 0.2) is 11.6 Å². The van der Waals surface area contributed by atoms with Crippen molar-refractivity contribution in [3.63, 3.8) is 0 Å². The smallest absolute Gasteiger partial charge is 0.227 e. The predicted octanol–water partition coefficient (Wildman–Crippen LogP) is 3.26. The van der Waals surface area contributed by atoms with Crippen molar-refractivity contribution in [2.24, 2.45) is 0 Å². The van der Waals surface area contributed by atoms with E-state index in [4.69, 9.17) is 9.97 Å². The summed E-state index contributed by atoms with van der Waals surface area (Å²) in [5.74, 6) is 2.99. The van der Waals surface area contributed by atoms with Crippen LogP contribution in [0.25, 0.3) is 5.69 Å². The van der Waals surface area contributed by atoms with Crippen LogP contribution in [0.5, 0.6) is 0 Å². The molecule has 4 heterocycles. The van der Waals surface area contributed by atoms with Gasteiger partial charge in [-0.25, -0.2) is 4.98 Å². The van der Waals surface area contributed by atoms with Crippen LogP contribution in [-0.4, -0.2) is 43.9 Å². The molecular weight excluding hydrogens is 326 g/mol. The minimum atomic E-state index is 0.247. The normalized spacial score (nSPS) is 23.2. The minimum Gasteiger partial charge on any atom is -0.341 e. The van der Waals surface area contributed by atoms with Gasteiger partial charge in [-0.1, -0.05) is 19.8 Å². The number of piperidine rings is 1. The van der Waals surface area contributed by atoms with Crippen LogP contribution in [0.2, 0.25) is 0 Å². The molecule has 2 aromatic rings. The molecule has 2 aromatic heterocycles. The summed E-state index contributed by atoms with van der Waals surface area (Å²) >= 11 is 0. The van der Waals surface area contributed by atoms with Crippen molar-refractivity contribution in [2.75, 3.05) is 22.9 Å². The highest BCUT2D eigenvalue weighted by Gasteiger charge is 2.38. The third-order valence-corrected chi connectivity index (χ3v) is 6.19. The van der Waals surface area contributed by atoms with Crippen LogP contribution in [-0.2, 0) is 0 Å². The van der Waals surface area contributed by atoms with Crippen LogP contribution in [0.1, 0.15) is 70.2 Å². The molecule has 0 bridgehead atoms.